The largest absolute Gasteiger partial charge is 0.443 e. The van der Waals surface area contributed by atoms with Crippen LogP contribution in [0.25, 0.3) is 0 Å². The molecule has 2 N–H and O–H groups in total. The number of aromatic nitrogens is 6. The van der Waals surface area contributed by atoms with Gasteiger partial charge in [0.15, 0.2) is 0 Å². The Morgan fingerprint density at radius 3 is 1.34 bits per heavy atom. The van der Waals surface area contributed by atoms with Gasteiger partial charge in [0, 0.05) is 11.4 Å². The number of benzene rings is 4. The van der Waals surface area contributed by atoms with Gasteiger partial charge in [0.1, 0.15) is 24.6 Å². The Hall–Kier alpha value is -6.30. The average molecular weight is 629 g/mol. The number of hydrogen-bond acceptors (Lipinski definition) is 8. The Kier molecular flexibility index (Phi) is 9.88. The minimum absolute atomic E-state index is 0.0132. The number of ether oxygens (including phenoxy) is 2. The highest BCUT2D eigenvalue weighted by Crippen LogP contribution is 2.17. The predicted molar refractivity (Wildman–Crippen MR) is 174 cm³/mol. The molecule has 0 atom stereocenters. The number of carbonyl (C=O) groups is 2. The van der Waals surface area contributed by atoms with Gasteiger partial charge < -0.3 is 9.47 Å². The first-order chi connectivity index (χ1) is 23.0. The first kappa shape index (κ1) is 30.7. The monoisotopic (exact) mass is 628 g/mol. The normalized spacial score (nSPS) is 10.7. The van der Waals surface area contributed by atoms with Gasteiger partial charge in [0.05, 0.1) is 25.5 Å². The molecule has 236 valence electrons. The minimum Gasteiger partial charge on any atom is -0.443 e. The second-order valence-corrected chi connectivity index (χ2v) is 10.8. The summed E-state index contributed by atoms with van der Waals surface area (Å²) in [7, 11) is 0. The van der Waals surface area contributed by atoms with Crippen LogP contribution in [0.5, 0.6) is 0 Å². The standard InChI is InChI=1S/C35H32N8O4/c44-34(46-24-32-22-42(40-38-32)20-28-7-3-1-4-8-28)36-30-15-11-26(12-16-30)19-27-13-17-31(18-14-27)37-35(45)47-25-33-23-43(41-39-33)21-29-9-5-2-6-10-29/h1-18,22-23H,19-21,24-25H2,(H,36,44)(H,37,45). The number of amides is 2. The molecule has 4 aromatic carbocycles. The molecule has 47 heavy (non-hydrogen) atoms. The van der Waals surface area contributed by atoms with Crippen molar-refractivity contribution in [1.82, 2.24) is 30.0 Å². The molecule has 2 aromatic heterocycles. The molecule has 0 aliphatic rings. The van der Waals surface area contributed by atoms with E-state index in [2.05, 4.69) is 31.3 Å². The third-order valence-corrected chi connectivity index (χ3v) is 7.06. The van der Waals surface area contributed by atoms with E-state index in [4.69, 9.17) is 9.47 Å². The number of hydrogen-bond donors (Lipinski definition) is 2. The van der Waals surface area contributed by atoms with Crippen LogP contribution in [0.2, 0.25) is 0 Å². The van der Waals surface area contributed by atoms with E-state index in [0.717, 1.165) is 22.3 Å². The van der Waals surface area contributed by atoms with Crippen molar-refractivity contribution in [3.8, 4) is 0 Å². The van der Waals surface area contributed by atoms with E-state index >= 15 is 0 Å². The molecule has 0 radical (unpaired) electrons. The van der Waals surface area contributed by atoms with Crippen LogP contribution in [-0.2, 0) is 42.2 Å². The van der Waals surface area contributed by atoms with Gasteiger partial charge in [0.2, 0.25) is 0 Å². The number of nitrogens with zero attached hydrogens (tertiary/aromatic N) is 6. The van der Waals surface area contributed by atoms with Gasteiger partial charge in [0.25, 0.3) is 0 Å². The molecule has 0 fully saturated rings. The van der Waals surface area contributed by atoms with Gasteiger partial charge >= 0.3 is 12.2 Å². The molecule has 12 nitrogen and oxygen atoms in total. The summed E-state index contributed by atoms with van der Waals surface area (Å²) in [6.07, 6.45) is 3.03. The Morgan fingerprint density at radius 2 is 0.936 bits per heavy atom. The molecule has 0 bridgehead atoms. The third kappa shape index (κ3) is 9.35. The fourth-order valence-corrected chi connectivity index (χ4v) is 4.74. The van der Waals surface area contributed by atoms with Crippen molar-refractivity contribution in [2.45, 2.75) is 32.7 Å². The first-order valence-electron chi connectivity index (χ1n) is 15.0. The van der Waals surface area contributed by atoms with Crippen LogP contribution in [0.1, 0.15) is 33.6 Å². The minimum atomic E-state index is -0.577. The van der Waals surface area contributed by atoms with Crippen molar-refractivity contribution in [3.63, 3.8) is 0 Å². The number of carbonyl (C=O) groups excluding carboxylic acids is 2. The molecule has 0 aliphatic carbocycles. The molecular formula is C35H32N8O4. The van der Waals surface area contributed by atoms with E-state index in [-0.39, 0.29) is 13.2 Å². The van der Waals surface area contributed by atoms with Crippen LogP contribution in [0.3, 0.4) is 0 Å². The van der Waals surface area contributed by atoms with Crippen LogP contribution in [-0.4, -0.2) is 42.2 Å². The Morgan fingerprint density at radius 1 is 0.532 bits per heavy atom. The van der Waals surface area contributed by atoms with Crippen molar-refractivity contribution in [2.24, 2.45) is 0 Å². The lowest BCUT2D eigenvalue weighted by Gasteiger charge is -2.08. The second-order valence-electron chi connectivity index (χ2n) is 10.8. The van der Waals surface area contributed by atoms with Gasteiger partial charge in [-0.2, -0.15) is 0 Å². The zero-order valence-electron chi connectivity index (χ0n) is 25.4. The maximum absolute atomic E-state index is 12.3. The van der Waals surface area contributed by atoms with Gasteiger partial charge in [-0.1, -0.05) is 95.4 Å². The quantitative estimate of drug-likeness (QED) is 0.167. The van der Waals surface area contributed by atoms with E-state index in [9.17, 15) is 9.59 Å². The highest BCUT2D eigenvalue weighted by atomic mass is 16.6. The highest BCUT2D eigenvalue weighted by Gasteiger charge is 2.09. The van der Waals surface area contributed by atoms with Crippen molar-refractivity contribution in [3.05, 3.63) is 155 Å². The highest BCUT2D eigenvalue weighted by molar-refractivity contribution is 5.85. The summed E-state index contributed by atoms with van der Waals surface area (Å²) in [5.41, 5.74) is 6.67. The van der Waals surface area contributed by atoms with Crippen molar-refractivity contribution >= 4 is 23.6 Å². The molecule has 2 heterocycles. The molecule has 0 aliphatic heterocycles. The predicted octanol–water partition coefficient (Wildman–Crippen LogP) is 6.05. The van der Waals surface area contributed by atoms with E-state index in [1.165, 1.54) is 0 Å². The Labute approximate surface area is 271 Å². The SMILES string of the molecule is O=C(Nc1ccc(Cc2ccc(NC(=O)OCc3cn(Cc4ccccc4)nn3)cc2)cc1)OCc1cn(Cc2ccccc2)nn1. The Balaban J connectivity index is 0.902. The fraction of sp³-hybridized carbons (Fsp3) is 0.143. The summed E-state index contributed by atoms with van der Waals surface area (Å²) in [5.74, 6) is 0. The summed E-state index contributed by atoms with van der Waals surface area (Å²) in [6.45, 7) is 1.20. The fourth-order valence-electron chi connectivity index (χ4n) is 4.74. The average Bonchev–Trinajstić information content (AvgIpc) is 3.75. The lowest BCUT2D eigenvalue weighted by atomic mass is 10.0. The maximum atomic E-state index is 12.3. The number of rotatable bonds is 12. The van der Waals surface area contributed by atoms with Crippen molar-refractivity contribution < 1.29 is 19.1 Å². The molecule has 2 amide bonds. The zero-order valence-corrected chi connectivity index (χ0v) is 25.4. The molecular weight excluding hydrogens is 596 g/mol. The van der Waals surface area contributed by atoms with Crippen LogP contribution in [0, 0.1) is 0 Å². The van der Waals surface area contributed by atoms with E-state index < -0.39 is 12.2 Å². The van der Waals surface area contributed by atoms with E-state index in [0.29, 0.717) is 42.3 Å². The number of anilines is 2. The summed E-state index contributed by atoms with van der Waals surface area (Å²) < 4.78 is 14.0. The first-order valence-corrected chi connectivity index (χ1v) is 15.0. The van der Waals surface area contributed by atoms with Crippen LogP contribution >= 0.6 is 0 Å². The molecule has 12 heteroatoms. The summed E-state index contributed by atoms with van der Waals surface area (Å²) in [6, 6.07) is 34.9. The van der Waals surface area contributed by atoms with Gasteiger partial charge in [-0.05, 0) is 52.9 Å². The molecule has 6 rings (SSSR count). The van der Waals surface area contributed by atoms with Crippen molar-refractivity contribution in [1.29, 1.82) is 0 Å². The maximum Gasteiger partial charge on any atom is 0.412 e. The van der Waals surface area contributed by atoms with Gasteiger partial charge in [-0.3, -0.25) is 10.6 Å². The second kappa shape index (κ2) is 15.1. The summed E-state index contributed by atoms with van der Waals surface area (Å²) in [4.78, 5) is 24.6. The van der Waals surface area contributed by atoms with Crippen LogP contribution in [0.15, 0.2) is 122 Å². The topological polar surface area (TPSA) is 138 Å². The summed E-state index contributed by atoms with van der Waals surface area (Å²) >= 11 is 0. The Bertz CT molecular complexity index is 1750. The lowest BCUT2D eigenvalue weighted by Crippen LogP contribution is -2.13. The molecule has 0 spiro atoms. The molecule has 6 aromatic rings. The molecule has 0 saturated heterocycles. The molecule has 0 unspecified atom stereocenters. The number of nitrogens with one attached hydrogen (secondary N) is 2. The van der Waals surface area contributed by atoms with E-state index in [1.54, 1.807) is 21.8 Å². The lowest BCUT2D eigenvalue weighted by molar-refractivity contribution is 0.153. The third-order valence-electron chi connectivity index (χ3n) is 7.06. The van der Waals surface area contributed by atoms with Crippen LogP contribution in [0.4, 0.5) is 21.0 Å². The van der Waals surface area contributed by atoms with Gasteiger partial charge in [-0.25, -0.2) is 19.0 Å². The van der Waals surface area contributed by atoms with Crippen molar-refractivity contribution in [2.75, 3.05) is 10.6 Å². The van der Waals surface area contributed by atoms with E-state index in [1.807, 2.05) is 109 Å². The van der Waals surface area contributed by atoms with Gasteiger partial charge in [-0.15, -0.1) is 10.2 Å². The summed E-state index contributed by atoms with van der Waals surface area (Å²) in [5, 5.41) is 21.8. The zero-order chi connectivity index (χ0) is 32.3. The van der Waals surface area contributed by atoms with Crippen LogP contribution < -0.4 is 10.6 Å². The molecule has 0 saturated carbocycles. The smallest absolute Gasteiger partial charge is 0.412 e.